The van der Waals surface area contributed by atoms with Crippen molar-refractivity contribution in [2.45, 2.75) is 69.5 Å². The second kappa shape index (κ2) is 16.8. The van der Waals surface area contributed by atoms with E-state index in [2.05, 4.69) is 31.2 Å². The van der Waals surface area contributed by atoms with Crippen molar-refractivity contribution in [1.29, 1.82) is 0 Å². The highest BCUT2D eigenvalue weighted by Gasteiger charge is 2.37. The molecule has 0 radical (unpaired) electrons. The number of H-pyrrole nitrogens is 1. The number of nitrogens with one attached hydrogen (secondary N) is 5. The summed E-state index contributed by atoms with van der Waals surface area (Å²) in [6.45, 7) is 1.82. The Morgan fingerprint density at radius 1 is 0.926 bits per heavy atom. The van der Waals surface area contributed by atoms with E-state index in [0.29, 0.717) is 10.8 Å². The zero-order chi connectivity index (χ0) is 39.0. The number of aromatic amines is 1. The second-order valence-electron chi connectivity index (χ2n) is 13.1. The molecule has 0 unspecified atom stereocenters. The summed E-state index contributed by atoms with van der Waals surface area (Å²) in [6.07, 6.45) is 0.709. The topological polar surface area (TPSA) is 255 Å². The Kier molecular flexibility index (Phi) is 12.0. The van der Waals surface area contributed by atoms with Gasteiger partial charge >= 0.3 is 18.0 Å². The summed E-state index contributed by atoms with van der Waals surface area (Å²) in [5, 5.41) is 19.2. The van der Waals surface area contributed by atoms with Crippen LogP contribution in [0.15, 0.2) is 61.1 Å². The van der Waals surface area contributed by atoms with Crippen LogP contribution in [-0.2, 0) is 49.6 Å². The lowest BCUT2D eigenvalue weighted by Crippen LogP contribution is -2.62. The SMILES string of the molecule is CC(C)(NC(=O)[C@H](Cc1c[nH]cn1)NC(=O)OCC1c2ccccc2-c2ccccc21)C(=O)N[C@@H](CCC(=O)O)C(=O)NCC(=O)ON1C(=O)CCC1=O. The van der Waals surface area contributed by atoms with Crippen LogP contribution in [-0.4, -0.2) is 98.5 Å². The van der Waals surface area contributed by atoms with Gasteiger partial charge in [-0.05, 0) is 42.5 Å². The number of carboxylic acids is 1. The third-order valence-corrected chi connectivity index (χ3v) is 8.80. The summed E-state index contributed by atoms with van der Waals surface area (Å²) < 4.78 is 5.63. The number of fused-ring (bicyclic) bond motifs is 3. The molecular weight excluding hydrogens is 706 g/mol. The van der Waals surface area contributed by atoms with Crippen molar-refractivity contribution in [2.24, 2.45) is 0 Å². The Balaban J connectivity index is 1.20. The van der Waals surface area contributed by atoms with Crippen molar-refractivity contribution in [1.82, 2.24) is 36.3 Å². The maximum atomic E-state index is 13.7. The monoisotopic (exact) mass is 745 g/mol. The first-order chi connectivity index (χ1) is 25.7. The molecule has 18 nitrogen and oxygen atoms in total. The first-order valence-electron chi connectivity index (χ1n) is 17.0. The smallest absolute Gasteiger partial charge is 0.407 e. The van der Waals surface area contributed by atoms with Gasteiger partial charge in [0.1, 0.15) is 30.8 Å². The van der Waals surface area contributed by atoms with E-state index in [1.807, 2.05) is 48.5 Å². The van der Waals surface area contributed by atoms with Crippen molar-refractivity contribution in [3.63, 3.8) is 0 Å². The third-order valence-electron chi connectivity index (χ3n) is 8.80. The Labute approximate surface area is 308 Å². The maximum absolute atomic E-state index is 13.7. The van der Waals surface area contributed by atoms with E-state index in [4.69, 9.17) is 9.57 Å². The molecule has 18 heteroatoms. The summed E-state index contributed by atoms with van der Waals surface area (Å²) >= 11 is 0. The molecule has 6 N–H and O–H groups in total. The summed E-state index contributed by atoms with van der Waals surface area (Å²) in [5.41, 5.74) is 2.75. The Bertz CT molecular complexity index is 1880. The maximum Gasteiger partial charge on any atom is 0.407 e. The summed E-state index contributed by atoms with van der Waals surface area (Å²) in [7, 11) is 0. The second-order valence-corrected chi connectivity index (χ2v) is 13.1. The van der Waals surface area contributed by atoms with Crippen LogP contribution in [0.4, 0.5) is 4.79 Å². The fraction of sp³-hybridized carbons (Fsp3) is 0.361. The van der Waals surface area contributed by atoms with Crippen LogP contribution >= 0.6 is 0 Å². The molecule has 1 fully saturated rings. The van der Waals surface area contributed by atoms with Gasteiger partial charge in [0, 0.05) is 37.8 Å². The fourth-order valence-electron chi connectivity index (χ4n) is 6.00. The van der Waals surface area contributed by atoms with Gasteiger partial charge in [-0.2, -0.15) is 0 Å². The Hall–Kier alpha value is -6.59. The minimum absolute atomic E-state index is 0.0173. The highest BCUT2D eigenvalue weighted by molar-refractivity contribution is 6.02. The first kappa shape index (κ1) is 38.6. The van der Waals surface area contributed by atoms with Crippen molar-refractivity contribution in [3.8, 4) is 11.1 Å². The standard InChI is InChI=1S/C36H39N7O11/c1-36(2,34(51)40-26(11-14-30(46)47)32(49)38-17-31(48)54-43-28(44)12-13-29(43)45)42-33(50)27(15-20-16-37-19-39-20)41-35(52)53-18-25-23-9-5-3-7-21(23)22-8-4-6-10-24(22)25/h3-10,16,19,25-27H,11-15,17-18H2,1-2H3,(H,37,39)(H,38,49)(H,40,51)(H,41,52)(H,42,50)(H,46,47)/t26-,27-/m0/s1. The van der Waals surface area contributed by atoms with E-state index in [1.54, 1.807) is 0 Å². The number of carbonyl (C=O) groups is 8. The van der Waals surface area contributed by atoms with Crippen LogP contribution in [0.5, 0.6) is 0 Å². The van der Waals surface area contributed by atoms with Gasteiger partial charge in [-0.1, -0.05) is 48.5 Å². The lowest BCUT2D eigenvalue weighted by molar-refractivity contribution is -0.196. The number of amides is 6. The van der Waals surface area contributed by atoms with Gasteiger partial charge in [-0.25, -0.2) is 14.6 Å². The van der Waals surface area contributed by atoms with Gasteiger partial charge in [0.25, 0.3) is 11.8 Å². The van der Waals surface area contributed by atoms with Crippen molar-refractivity contribution >= 4 is 47.6 Å². The van der Waals surface area contributed by atoms with Crippen LogP contribution in [0.2, 0.25) is 0 Å². The van der Waals surface area contributed by atoms with Crippen LogP contribution in [0.1, 0.15) is 62.3 Å². The van der Waals surface area contributed by atoms with Crippen LogP contribution < -0.4 is 21.3 Å². The zero-order valence-corrected chi connectivity index (χ0v) is 29.4. The molecule has 1 aliphatic carbocycles. The molecular formula is C36H39N7O11. The molecule has 54 heavy (non-hydrogen) atoms. The minimum Gasteiger partial charge on any atom is -0.481 e. The molecule has 2 heterocycles. The number of rotatable bonds is 16. The zero-order valence-electron chi connectivity index (χ0n) is 29.4. The molecule has 2 aromatic carbocycles. The molecule has 284 valence electrons. The number of hydrogen-bond donors (Lipinski definition) is 6. The van der Waals surface area contributed by atoms with E-state index in [1.165, 1.54) is 26.4 Å². The number of hydrogen-bond acceptors (Lipinski definition) is 11. The number of aliphatic carboxylic acids is 1. The number of alkyl carbamates (subject to hydrolysis) is 1. The van der Waals surface area contributed by atoms with Gasteiger partial charge in [0.05, 0.1) is 12.0 Å². The van der Waals surface area contributed by atoms with E-state index in [0.717, 1.165) is 22.3 Å². The molecule has 2 aliphatic rings. The first-order valence-corrected chi connectivity index (χ1v) is 17.0. The molecule has 0 saturated carbocycles. The van der Waals surface area contributed by atoms with Gasteiger partial charge < -0.3 is 40.9 Å². The van der Waals surface area contributed by atoms with E-state index >= 15 is 0 Å². The molecule has 6 amide bonds. The number of carboxylic acid groups (broad SMARTS) is 1. The van der Waals surface area contributed by atoms with Crippen LogP contribution in [0.3, 0.4) is 0 Å². The number of carbonyl (C=O) groups excluding carboxylic acids is 7. The number of nitrogens with zero attached hydrogens (tertiary/aromatic N) is 2. The largest absolute Gasteiger partial charge is 0.481 e. The summed E-state index contributed by atoms with van der Waals surface area (Å²) in [6, 6.07) is 12.8. The van der Waals surface area contributed by atoms with Crippen LogP contribution in [0, 0.1) is 0 Å². The van der Waals surface area contributed by atoms with E-state index in [9.17, 15) is 43.5 Å². The molecule has 0 spiro atoms. The van der Waals surface area contributed by atoms with E-state index in [-0.39, 0.29) is 31.8 Å². The number of aromatic nitrogens is 2. The highest BCUT2D eigenvalue weighted by atomic mass is 16.7. The molecule has 1 aliphatic heterocycles. The quantitative estimate of drug-likeness (QED) is 0.112. The number of hydroxylamine groups is 2. The number of ether oxygens (including phenoxy) is 1. The molecule has 0 bridgehead atoms. The lowest BCUT2D eigenvalue weighted by atomic mass is 9.98. The molecule has 3 aromatic rings. The Morgan fingerprint density at radius 3 is 2.15 bits per heavy atom. The number of imidazole rings is 1. The van der Waals surface area contributed by atoms with Gasteiger partial charge in [0.2, 0.25) is 17.7 Å². The predicted molar refractivity (Wildman–Crippen MR) is 185 cm³/mol. The molecule has 1 aromatic heterocycles. The molecule has 1 saturated heterocycles. The molecule has 5 rings (SSSR count). The van der Waals surface area contributed by atoms with Crippen molar-refractivity contribution in [2.75, 3.05) is 13.2 Å². The summed E-state index contributed by atoms with van der Waals surface area (Å²) in [5.74, 6) is -6.80. The number of benzene rings is 2. The van der Waals surface area contributed by atoms with Gasteiger partial charge in [-0.3, -0.25) is 28.8 Å². The highest BCUT2D eigenvalue weighted by Crippen LogP contribution is 2.44. The van der Waals surface area contributed by atoms with Gasteiger partial charge in [0.15, 0.2) is 0 Å². The third kappa shape index (κ3) is 9.44. The lowest BCUT2D eigenvalue weighted by Gasteiger charge is -2.30. The minimum atomic E-state index is -1.74. The van der Waals surface area contributed by atoms with Crippen LogP contribution in [0.25, 0.3) is 11.1 Å². The fourth-order valence-corrected chi connectivity index (χ4v) is 6.00. The predicted octanol–water partition coefficient (Wildman–Crippen LogP) is 0.827. The van der Waals surface area contributed by atoms with Crippen molar-refractivity contribution in [3.05, 3.63) is 77.9 Å². The van der Waals surface area contributed by atoms with E-state index < -0.39 is 84.6 Å². The number of imide groups is 1. The molecule has 2 atom stereocenters. The average molecular weight is 746 g/mol. The van der Waals surface area contributed by atoms with Gasteiger partial charge in [-0.15, -0.1) is 5.06 Å². The summed E-state index contributed by atoms with van der Waals surface area (Å²) in [4.78, 5) is 112. The normalized spacial score (nSPS) is 14.7. The average Bonchev–Trinajstić information content (AvgIpc) is 3.85. The Morgan fingerprint density at radius 2 is 1.56 bits per heavy atom. The van der Waals surface area contributed by atoms with Crippen molar-refractivity contribution < 1.29 is 53.0 Å².